The Balaban J connectivity index is 0.00000220. The van der Waals surface area contributed by atoms with Crippen molar-refractivity contribution in [3.05, 3.63) is 29.3 Å². The number of rotatable bonds is 6. The van der Waals surface area contributed by atoms with E-state index in [-0.39, 0.29) is 24.2 Å². The van der Waals surface area contributed by atoms with E-state index >= 15 is 0 Å². The molecule has 1 heterocycles. The summed E-state index contributed by atoms with van der Waals surface area (Å²) in [7, 11) is 1.86. The zero-order chi connectivity index (χ0) is 14.4. The smallest absolute Gasteiger partial charge is 0.226 e. The predicted molar refractivity (Wildman–Crippen MR) is 87.4 cm³/mol. The van der Waals surface area contributed by atoms with Crippen LogP contribution in [-0.2, 0) is 4.79 Å². The van der Waals surface area contributed by atoms with Gasteiger partial charge in [-0.1, -0.05) is 11.6 Å². The standard InChI is InChI=1S/C15H21ClN2O2.ClH/c1-18(15(19)12-7-8-17-11-12)9-2-10-20-14-5-3-13(16)4-6-14;/h3-6,12,17H,2,7-11H2,1H3;1H. The number of carbonyl (C=O) groups is 1. The van der Waals surface area contributed by atoms with Crippen LogP contribution in [0.5, 0.6) is 5.75 Å². The molecule has 1 unspecified atom stereocenters. The van der Waals surface area contributed by atoms with Crippen molar-refractivity contribution in [1.29, 1.82) is 0 Å². The van der Waals surface area contributed by atoms with Crippen LogP contribution >= 0.6 is 24.0 Å². The summed E-state index contributed by atoms with van der Waals surface area (Å²) in [4.78, 5) is 13.9. The third kappa shape index (κ3) is 5.73. The van der Waals surface area contributed by atoms with Gasteiger partial charge < -0.3 is 15.0 Å². The fourth-order valence-corrected chi connectivity index (χ4v) is 2.44. The zero-order valence-corrected chi connectivity index (χ0v) is 13.8. The highest BCUT2D eigenvalue weighted by Crippen LogP contribution is 2.16. The molecular formula is C15H22Cl2N2O2. The van der Waals surface area contributed by atoms with E-state index in [9.17, 15) is 4.79 Å². The Morgan fingerprint density at radius 1 is 1.43 bits per heavy atom. The van der Waals surface area contributed by atoms with Crippen LogP contribution in [0.15, 0.2) is 24.3 Å². The first-order chi connectivity index (χ1) is 9.66. The number of hydrogen-bond acceptors (Lipinski definition) is 3. The van der Waals surface area contributed by atoms with E-state index in [1.54, 1.807) is 12.1 Å². The van der Waals surface area contributed by atoms with E-state index in [4.69, 9.17) is 16.3 Å². The van der Waals surface area contributed by atoms with Crippen molar-refractivity contribution in [1.82, 2.24) is 10.2 Å². The average molecular weight is 333 g/mol. The molecule has 1 aromatic carbocycles. The topological polar surface area (TPSA) is 41.6 Å². The summed E-state index contributed by atoms with van der Waals surface area (Å²) in [6.45, 7) is 3.08. The number of nitrogens with one attached hydrogen (secondary N) is 1. The summed E-state index contributed by atoms with van der Waals surface area (Å²) in [6, 6.07) is 7.31. The fourth-order valence-electron chi connectivity index (χ4n) is 2.31. The molecule has 0 aliphatic carbocycles. The average Bonchev–Trinajstić information content (AvgIpc) is 2.98. The maximum absolute atomic E-state index is 12.1. The first kappa shape index (κ1) is 18.1. The molecular weight excluding hydrogens is 311 g/mol. The lowest BCUT2D eigenvalue weighted by atomic mass is 10.1. The van der Waals surface area contributed by atoms with Gasteiger partial charge in [-0.25, -0.2) is 0 Å². The van der Waals surface area contributed by atoms with Gasteiger partial charge in [-0.05, 0) is 43.7 Å². The highest BCUT2D eigenvalue weighted by atomic mass is 35.5. The van der Waals surface area contributed by atoms with Crippen molar-refractivity contribution in [2.45, 2.75) is 12.8 Å². The minimum atomic E-state index is 0. The van der Waals surface area contributed by atoms with Gasteiger partial charge in [0.25, 0.3) is 0 Å². The Morgan fingerprint density at radius 2 is 2.14 bits per heavy atom. The van der Waals surface area contributed by atoms with E-state index in [1.165, 1.54) is 0 Å². The summed E-state index contributed by atoms with van der Waals surface area (Å²) >= 11 is 5.81. The molecule has 118 valence electrons. The molecule has 4 nitrogen and oxygen atoms in total. The van der Waals surface area contributed by atoms with Crippen LogP contribution in [0.2, 0.25) is 5.02 Å². The number of ether oxygens (including phenoxy) is 1. The van der Waals surface area contributed by atoms with Crippen molar-refractivity contribution in [2.75, 3.05) is 33.3 Å². The fraction of sp³-hybridized carbons (Fsp3) is 0.533. The van der Waals surface area contributed by atoms with Crippen molar-refractivity contribution in [3.8, 4) is 5.75 Å². The SMILES string of the molecule is CN(CCCOc1ccc(Cl)cc1)C(=O)C1CCNC1.Cl. The van der Waals surface area contributed by atoms with Crippen molar-refractivity contribution < 1.29 is 9.53 Å². The highest BCUT2D eigenvalue weighted by molar-refractivity contribution is 6.30. The van der Waals surface area contributed by atoms with Gasteiger partial charge in [0.1, 0.15) is 5.75 Å². The molecule has 21 heavy (non-hydrogen) atoms. The molecule has 1 aliphatic heterocycles. The van der Waals surface area contributed by atoms with Gasteiger partial charge in [-0.15, -0.1) is 12.4 Å². The van der Waals surface area contributed by atoms with E-state index in [2.05, 4.69) is 5.32 Å². The van der Waals surface area contributed by atoms with Crippen LogP contribution in [0.1, 0.15) is 12.8 Å². The third-order valence-electron chi connectivity index (χ3n) is 3.51. The van der Waals surface area contributed by atoms with Crippen molar-refractivity contribution >= 4 is 29.9 Å². The molecule has 1 saturated heterocycles. The summed E-state index contributed by atoms with van der Waals surface area (Å²) in [5, 5.41) is 3.92. The summed E-state index contributed by atoms with van der Waals surface area (Å²) in [5.41, 5.74) is 0. The Labute approximate surface area is 137 Å². The number of benzene rings is 1. The monoisotopic (exact) mass is 332 g/mol. The Bertz CT molecular complexity index is 434. The molecule has 1 N–H and O–H groups in total. The molecule has 1 atom stereocenters. The van der Waals surface area contributed by atoms with E-state index in [0.717, 1.165) is 38.2 Å². The second kappa shape index (κ2) is 9.13. The lowest BCUT2D eigenvalue weighted by Gasteiger charge is -2.20. The first-order valence-electron chi connectivity index (χ1n) is 7.01. The van der Waals surface area contributed by atoms with Crippen LogP contribution < -0.4 is 10.1 Å². The minimum Gasteiger partial charge on any atom is -0.494 e. The molecule has 0 spiro atoms. The van der Waals surface area contributed by atoms with Crippen LogP contribution in [0.25, 0.3) is 0 Å². The second-order valence-corrected chi connectivity index (χ2v) is 5.54. The quantitative estimate of drug-likeness (QED) is 0.814. The Morgan fingerprint density at radius 3 is 2.76 bits per heavy atom. The van der Waals surface area contributed by atoms with Gasteiger partial charge in [-0.2, -0.15) is 0 Å². The Kier molecular flexibility index (Phi) is 7.86. The van der Waals surface area contributed by atoms with Gasteiger partial charge in [-0.3, -0.25) is 4.79 Å². The highest BCUT2D eigenvalue weighted by Gasteiger charge is 2.24. The zero-order valence-electron chi connectivity index (χ0n) is 12.2. The number of carbonyl (C=O) groups excluding carboxylic acids is 1. The molecule has 0 bridgehead atoms. The van der Waals surface area contributed by atoms with Gasteiger partial charge in [0.2, 0.25) is 5.91 Å². The Hall–Kier alpha value is -0.970. The molecule has 0 aromatic heterocycles. The molecule has 1 aliphatic rings. The van der Waals surface area contributed by atoms with E-state index < -0.39 is 0 Å². The normalized spacial score (nSPS) is 17.1. The molecule has 6 heteroatoms. The van der Waals surface area contributed by atoms with E-state index in [1.807, 2.05) is 24.1 Å². The summed E-state index contributed by atoms with van der Waals surface area (Å²) < 4.78 is 5.61. The molecule has 2 rings (SSSR count). The molecule has 1 amide bonds. The maximum Gasteiger partial charge on any atom is 0.226 e. The maximum atomic E-state index is 12.1. The summed E-state index contributed by atoms with van der Waals surface area (Å²) in [6.07, 6.45) is 1.77. The minimum absolute atomic E-state index is 0. The summed E-state index contributed by atoms with van der Waals surface area (Å²) in [5.74, 6) is 1.20. The number of nitrogens with zero attached hydrogens (tertiary/aromatic N) is 1. The first-order valence-corrected chi connectivity index (χ1v) is 7.38. The van der Waals surface area contributed by atoms with Crippen LogP contribution in [-0.4, -0.2) is 44.1 Å². The molecule has 0 radical (unpaired) electrons. The van der Waals surface area contributed by atoms with Gasteiger partial charge >= 0.3 is 0 Å². The van der Waals surface area contributed by atoms with Crippen LogP contribution in [0, 0.1) is 5.92 Å². The van der Waals surface area contributed by atoms with Crippen LogP contribution in [0.3, 0.4) is 0 Å². The van der Waals surface area contributed by atoms with Gasteiger partial charge in [0.05, 0.1) is 12.5 Å². The number of amides is 1. The number of halogens is 2. The lowest BCUT2D eigenvalue weighted by molar-refractivity contribution is -0.133. The lowest BCUT2D eigenvalue weighted by Crippen LogP contribution is -2.35. The molecule has 1 aromatic rings. The predicted octanol–water partition coefficient (Wildman–Crippen LogP) is 2.60. The van der Waals surface area contributed by atoms with Crippen molar-refractivity contribution in [3.63, 3.8) is 0 Å². The van der Waals surface area contributed by atoms with Gasteiger partial charge in [0.15, 0.2) is 0 Å². The molecule has 0 saturated carbocycles. The van der Waals surface area contributed by atoms with Crippen molar-refractivity contribution in [2.24, 2.45) is 5.92 Å². The number of hydrogen-bond donors (Lipinski definition) is 1. The molecule has 1 fully saturated rings. The van der Waals surface area contributed by atoms with Gasteiger partial charge in [0, 0.05) is 25.2 Å². The third-order valence-corrected chi connectivity index (χ3v) is 3.76. The van der Waals surface area contributed by atoms with E-state index in [0.29, 0.717) is 11.6 Å². The second-order valence-electron chi connectivity index (χ2n) is 5.11. The van der Waals surface area contributed by atoms with Crippen LogP contribution in [0.4, 0.5) is 0 Å². The largest absolute Gasteiger partial charge is 0.494 e.